The first-order chi connectivity index (χ1) is 12.1. The fraction of sp³-hybridized carbons (Fsp3) is 0.375. The summed E-state index contributed by atoms with van der Waals surface area (Å²) in [5.74, 6) is 0.485. The summed E-state index contributed by atoms with van der Waals surface area (Å²) in [6, 6.07) is 5.08. The summed E-state index contributed by atoms with van der Waals surface area (Å²) in [4.78, 5) is 19.2. The molecule has 1 fully saturated rings. The Morgan fingerprint density at radius 2 is 2.12 bits per heavy atom. The van der Waals surface area contributed by atoms with Gasteiger partial charge in [-0.3, -0.25) is 10.1 Å². The van der Waals surface area contributed by atoms with Crippen LogP contribution in [0.3, 0.4) is 0 Å². The van der Waals surface area contributed by atoms with Crippen LogP contribution in [0.2, 0.25) is 0 Å². The van der Waals surface area contributed by atoms with Crippen molar-refractivity contribution in [1.29, 1.82) is 0 Å². The lowest BCUT2D eigenvalue weighted by Gasteiger charge is -2.11. The molecule has 0 radical (unpaired) electrons. The molecule has 0 saturated heterocycles. The topological polar surface area (TPSA) is 113 Å². The highest BCUT2D eigenvalue weighted by Gasteiger charge is 2.26. The van der Waals surface area contributed by atoms with E-state index < -0.39 is 10.7 Å². The van der Waals surface area contributed by atoms with E-state index in [1.54, 1.807) is 6.07 Å². The second-order valence-electron chi connectivity index (χ2n) is 5.82. The van der Waals surface area contributed by atoms with Crippen LogP contribution in [0.25, 0.3) is 0 Å². The Bertz CT molecular complexity index is 782. The molecule has 0 spiro atoms. The highest BCUT2D eigenvalue weighted by molar-refractivity contribution is 5.68. The summed E-state index contributed by atoms with van der Waals surface area (Å²) in [5, 5.41) is 25.9. The van der Waals surface area contributed by atoms with Crippen molar-refractivity contribution in [3.63, 3.8) is 0 Å². The summed E-state index contributed by atoms with van der Waals surface area (Å²) in [7, 11) is 0. The minimum Gasteiger partial charge on any atom is -0.396 e. The molecule has 3 rings (SSSR count). The van der Waals surface area contributed by atoms with Crippen molar-refractivity contribution in [2.45, 2.75) is 25.2 Å². The number of nitro benzene ring substituents is 1. The maximum Gasteiger partial charge on any atom is 0.295 e. The van der Waals surface area contributed by atoms with Gasteiger partial charge in [-0.1, -0.05) is 0 Å². The molecule has 1 aromatic carbocycles. The monoisotopic (exact) mass is 347 g/mol. The van der Waals surface area contributed by atoms with E-state index in [0.717, 1.165) is 30.7 Å². The molecule has 1 aliphatic carbocycles. The molecule has 0 bridgehead atoms. The zero-order valence-corrected chi connectivity index (χ0v) is 13.4. The number of anilines is 3. The van der Waals surface area contributed by atoms with Gasteiger partial charge in [0.1, 0.15) is 17.3 Å². The lowest BCUT2D eigenvalue weighted by molar-refractivity contribution is -0.384. The molecular formula is C16H18FN5O3. The SMILES string of the molecule is O=[N+]([O-])c1cc(F)ccc1Nc1cc(C2CC2)nc(NCCCO)n1. The molecule has 1 aliphatic rings. The number of nitrogens with one attached hydrogen (secondary N) is 2. The highest BCUT2D eigenvalue weighted by Crippen LogP contribution is 2.40. The number of aliphatic hydroxyl groups excluding tert-OH is 1. The normalized spacial score (nSPS) is 13.5. The third-order valence-corrected chi connectivity index (χ3v) is 3.78. The minimum absolute atomic E-state index is 0.0577. The smallest absolute Gasteiger partial charge is 0.295 e. The number of rotatable bonds is 8. The average Bonchev–Trinajstić information content (AvgIpc) is 3.41. The molecule has 132 valence electrons. The molecule has 1 aromatic heterocycles. The van der Waals surface area contributed by atoms with Crippen LogP contribution >= 0.6 is 0 Å². The standard InChI is InChI=1S/C16H18FN5O3/c17-11-4-5-12(14(8-11)22(24)25)19-15-9-13(10-2-3-10)20-16(21-15)18-6-1-7-23/h4-5,8-10,23H,1-3,6-7H2,(H2,18,19,20,21). The van der Waals surface area contributed by atoms with E-state index in [9.17, 15) is 14.5 Å². The zero-order chi connectivity index (χ0) is 17.8. The maximum absolute atomic E-state index is 13.3. The van der Waals surface area contributed by atoms with Crippen LogP contribution < -0.4 is 10.6 Å². The van der Waals surface area contributed by atoms with Crippen molar-refractivity contribution in [1.82, 2.24) is 9.97 Å². The number of hydrogen-bond donors (Lipinski definition) is 3. The molecule has 3 N–H and O–H groups in total. The van der Waals surface area contributed by atoms with Crippen LogP contribution in [0, 0.1) is 15.9 Å². The van der Waals surface area contributed by atoms with Gasteiger partial charge in [-0.15, -0.1) is 0 Å². The number of aromatic nitrogens is 2. The summed E-state index contributed by atoms with van der Waals surface area (Å²) in [5.41, 5.74) is 0.656. The first-order valence-electron chi connectivity index (χ1n) is 8.01. The summed E-state index contributed by atoms with van der Waals surface area (Å²) >= 11 is 0. The zero-order valence-electron chi connectivity index (χ0n) is 13.4. The molecule has 9 heteroatoms. The van der Waals surface area contributed by atoms with Crippen molar-refractivity contribution in [2.24, 2.45) is 0 Å². The van der Waals surface area contributed by atoms with Gasteiger partial charge < -0.3 is 15.7 Å². The third kappa shape index (κ3) is 4.38. The van der Waals surface area contributed by atoms with Crippen molar-refractivity contribution in [3.05, 3.63) is 45.9 Å². The van der Waals surface area contributed by atoms with Gasteiger partial charge >= 0.3 is 0 Å². The Kier molecular flexibility index (Phi) is 5.03. The van der Waals surface area contributed by atoms with E-state index in [0.29, 0.717) is 30.6 Å². The first-order valence-corrected chi connectivity index (χ1v) is 8.01. The van der Waals surface area contributed by atoms with Gasteiger partial charge in [-0.2, -0.15) is 4.98 Å². The Morgan fingerprint density at radius 3 is 2.80 bits per heavy atom. The van der Waals surface area contributed by atoms with E-state index in [1.165, 1.54) is 6.07 Å². The van der Waals surface area contributed by atoms with Gasteiger partial charge in [0.05, 0.1) is 16.7 Å². The molecule has 0 unspecified atom stereocenters. The van der Waals surface area contributed by atoms with E-state index in [2.05, 4.69) is 20.6 Å². The third-order valence-electron chi connectivity index (χ3n) is 3.78. The lowest BCUT2D eigenvalue weighted by atomic mass is 10.2. The molecule has 8 nitrogen and oxygen atoms in total. The lowest BCUT2D eigenvalue weighted by Crippen LogP contribution is -2.09. The van der Waals surface area contributed by atoms with E-state index >= 15 is 0 Å². The Balaban J connectivity index is 1.87. The molecule has 1 saturated carbocycles. The predicted octanol–water partition coefficient (Wildman–Crippen LogP) is 2.94. The average molecular weight is 347 g/mol. The van der Waals surface area contributed by atoms with Crippen LogP contribution in [0.5, 0.6) is 0 Å². The number of nitro groups is 1. The van der Waals surface area contributed by atoms with Crippen molar-refractivity contribution in [3.8, 4) is 0 Å². The number of benzene rings is 1. The fourth-order valence-electron chi connectivity index (χ4n) is 2.38. The van der Waals surface area contributed by atoms with Crippen LogP contribution in [0.4, 0.5) is 27.5 Å². The van der Waals surface area contributed by atoms with Crippen LogP contribution in [0.1, 0.15) is 30.9 Å². The fourth-order valence-corrected chi connectivity index (χ4v) is 2.38. The molecule has 0 atom stereocenters. The molecule has 0 aliphatic heterocycles. The minimum atomic E-state index is -0.676. The van der Waals surface area contributed by atoms with Crippen LogP contribution in [-0.4, -0.2) is 33.1 Å². The Hall–Kier alpha value is -2.81. The van der Waals surface area contributed by atoms with Gasteiger partial charge in [0.25, 0.3) is 5.69 Å². The van der Waals surface area contributed by atoms with Crippen LogP contribution in [-0.2, 0) is 0 Å². The van der Waals surface area contributed by atoms with E-state index in [-0.39, 0.29) is 18.0 Å². The molecule has 2 aromatic rings. The summed E-state index contributed by atoms with van der Waals surface area (Å²) in [6.45, 7) is 0.572. The summed E-state index contributed by atoms with van der Waals surface area (Å²) in [6.07, 6.45) is 2.65. The van der Waals surface area contributed by atoms with Crippen molar-refractivity contribution < 1.29 is 14.4 Å². The second-order valence-corrected chi connectivity index (χ2v) is 5.82. The quantitative estimate of drug-likeness (QED) is 0.382. The molecule has 1 heterocycles. The van der Waals surface area contributed by atoms with Crippen molar-refractivity contribution >= 4 is 23.1 Å². The molecule has 25 heavy (non-hydrogen) atoms. The second kappa shape index (κ2) is 7.39. The van der Waals surface area contributed by atoms with Gasteiger partial charge in [0, 0.05) is 25.1 Å². The number of aliphatic hydroxyl groups is 1. The Morgan fingerprint density at radius 1 is 1.32 bits per heavy atom. The van der Waals surface area contributed by atoms with Gasteiger partial charge in [-0.25, -0.2) is 9.37 Å². The van der Waals surface area contributed by atoms with E-state index in [1.807, 2.05) is 0 Å². The van der Waals surface area contributed by atoms with Gasteiger partial charge in [0.15, 0.2) is 0 Å². The maximum atomic E-state index is 13.3. The van der Waals surface area contributed by atoms with E-state index in [4.69, 9.17) is 5.11 Å². The molecular weight excluding hydrogens is 329 g/mol. The number of hydrogen-bond acceptors (Lipinski definition) is 7. The first kappa shape index (κ1) is 17.0. The van der Waals surface area contributed by atoms with Crippen LogP contribution in [0.15, 0.2) is 24.3 Å². The summed E-state index contributed by atoms with van der Waals surface area (Å²) < 4.78 is 13.3. The van der Waals surface area contributed by atoms with Gasteiger partial charge in [-0.05, 0) is 31.4 Å². The highest BCUT2D eigenvalue weighted by atomic mass is 19.1. The number of nitrogens with zero attached hydrogens (tertiary/aromatic N) is 3. The largest absolute Gasteiger partial charge is 0.396 e. The van der Waals surface area contributed by atoms with Gasteiger partial charge in [0.2, 0.25) is 5.95 Å². The van der Waals surface area contributed by atoms with Crippen molar-refractivity contribution in [2.75, 3.05) is 23.8 Å². The Labute approximate surface area is 143 Å². The molecule has 0 amide bonds. The number of halogens is 1. The predicted molar refractivity (Wildman–Crippen MR) is 90.5 cm³/mol.